The fourth-order valence-corrected chi connectivity index (χ4v) is 8.61. The molecule has 6 heteroatoms. The van der Waals surface area contributed by atoms with Gasteiger partial charge < -0.3 is 19.1 Å². The first-order chi connectivity index (χ1) is 22.0. The quantitative estimate of drug-likeness (QED) is 0.0551. The first kappa shape index (κ1) is 43.1. The SMILES string of the molecule is CCCCCCCCC(CCCCCC)COP(=O)(CCCN1CCC(O)C1)OCC(CCCCCC)CCCCCCCC. The van der Waals surface area contributed by atoms with Crippen molar-refractivity contribution in [2.45, 2.75) is 201 Å². The molecule has 0 spiro atoms. The van der Waals surface area contributed by atoms with Crippen molar-refractivity contribution >= 4 is 7.60 Å². The maximum Gasteiger partial charge on any atom is 0.330 e. The summed E-state index contributed by atoms with van der Waals surface area (Å²) in [4.78, 5) is 2.30. The lowest BCUT2D eigenvalue weighted by molar-refractivity contribution is 0.145. The van der Waals surface area contributed by atoms with Crippen molar-refractivity contribution < 1.29 is 18.7 Å². The van der Waals surface area contributed by atoms with Crippen molar-refractivity contribution in [3.8, 4) is 0 Å². The van der Waals surface area contributed by atoms with E-state index < -0.39 is 7.60 Å². The lowest BCUT2D eigenvalue weighted by Gasteiger charge is -2.26. The van der Waals surface area contributed by atoms with Crippen LogP contribution >= 0.6 is 7.60 Å². The van der Waals surface area contributed by atoms with Crippen LogP contribution in [0.25, 0.3) is 0 Å². The van der Waals surface area contributed by atoms with Crippen molar-refractivity contribution in [1.82, 2.24) is 4.90 Å². The third-order valence-corrected chi connectivity index (χ3v) is 12.0. The minimum absolute atomic E-state index is 0.213. The summed E-state index contributed by atoms with van der Waals surface area (Å²) in [5.41, 5.74) is 0. The molecule has 1 rings (SSSR count). The van der Waals surface area contributed by atoms with Gasteiger partial charge in [0.15, 0.2) is 0 Å². The number of hydrogen-bond donors (Lipinski definition) is 1. The molecule has 0 aromatic rings. The molecule has 1 saturated heterocycles. The molecule has 0 bridgehead atoms. The highest BCUT2D eigenvalue weighted by atomic mass is 31.2. The number of nitrogens with zero attached hydrogens (tertiary/aromatic N) is 1. The van der Waals surface area contributed by atoms with Gasteiger partial charge in [-0.05, 0) is 56.9 Å². The molecule has 45 heavy (non-hydrogen) atoms. The molecular weight excluding hydrogens is 577 g/mol. The Morgan fingerprint density at radius 3 is 1.36 bits per heavy atom. The molecule has 1 heterocycles. The van der Waals surface area contributed by atoms with Crippen LogP contribution in [0.4, 0.5) is 0 Å². The third-order valence-electron chi connectivity index (χ3n) is 10.0. The van der Waals surface area contributed by atoms with E-state index in [9.17, 15) is 9.67 Å². The van der Waals surface area contributed by atoms with Gasteiger partial charge in [0.2, 0.25) is 0 Å². The number of β-amino-alcohol motifs (C(OH)–C–C–N with tert-alkyl or cyclic N) is 1. The van der Waals surface area contributed by atoms with E-state index in [0.717, 1.165) is 32.5 Å². The van der Waals surface area contributed by atoms with Gasteiger partial charge in [-0.15, -0.1) is 0 Å². The number of likely N-dealkylation sites (tertiary alicyclic amines) is 1. The maximum absolute atomic E-state index is 14.4. The van der Waals surface area contributed by atoms with Gasteiger partial charge in [-0.25, -0.2) is 0 Å². The molecular formula is C39H80NO4P. The Morgan fingerprint density at radius 2 is 0.978 bits per heavy atom. The molecule has 1 aliphatic heterocycles. The van der Waals surface area contributed by atoms with Gasteiger partial charge in [-0.3, -0.25) is 4.57 Å². The Labute approximate surface area is 282 Å². The minimum atomic E-state index is -3.19. The monoisotopic (exact) mass is 658 g/mol. The average molecular weight is 658 g/mol. The van der Waals surface area contributed by atoms with E-state index >= 15 is 0 Å². The molecule has 5 nitrogen and oxygen atoms in total. The van der Waals surface area contributed by atoms with Crippen LogP contribution < -0.4 is 0 Å². The van der Waals surface area contributed by atoms with Crippen LogP contribution in [0.2, 0.25) is 0 Å². The van der Waals surface area contributed by atoms with E-state index in [0.29, 0.717) is 31.2 Å². The Bertz CT molecular complexity index is 637. The van der Waals surface area contributed by atoms with E-state index in [4.69, 9.17) is 9.05 Å². The zero-order chi connectivity index (χ0) is 32.9. The maximum atomic E-state index is 14.4. The summed E-state index contributed by atoms with van der Waals surface area (Å²) in [5, 5.41) is 9.97. The highest BCUT2D eigenvalue weighted by molar-refractivity contribution is 7.53. The molecule has 0 radical (unpaired) electrons. The van der Waals surface area contributed by atoms with Gasteiger partial charge in [0.05, 0.1) is 25.5 Å². The fraction of sp³-hybridized carbons (Fsp3) is 1.00. The zero-order valence-corrected chi connectivity index (χ0v) is 31.8. The molecule has 270 valence electrons. The van der Waals surface area contributed by atoms with Gasteiger partial charge in [-0.1, -0.05) is 156 Å². The second-order valence-electron chi connectivity index (χ2n) is 14.6. The second-order valence-corrected chi connectivity index (χ2v) is 16.8. The van der Waals surface area contributed by atoms with Crippen molar-refractivity contribution in [1.29, 1.82) is 0 Å². The highest BCUT2D eigenvalue weighted by Gasteiger charge is 2.29. The van der Waals surface area contributed by atoms with Gasteiger partial charge in [-0.2, -0.15) is 0 Å². The predicted octanol–water partition coefficient (Wildman–Crippen LogP) is 12.3. The molecule has 0 saturated carbocycles. The van der Waals surface area contributed by atoms with Crippen molar-refractivity contribution in [2.75, 3.05) is 39.0 Å². The molecule has 1 aliphatic rings. The van der Waals surface area contributed by atoms with Gasteiger partial charge in [0.1, 0.15) is 0 Å². The van der Waals surface area contributed by atoms with Crippen molar-refractivity contribution in [3.05, 3.63) is 0 Å². The first-order valence-corrected chi connectivity index (χ1v) is 22.0. The number of unbranched alkanes of at least 4 members (excludes halogenated alkanes) is 16. The summed E-state index contributed by atoms with van der Waals surface area (Å²) >= 11 is 0. The largest absolute Gasteiger partial charge is 0.392 e. The van der Waals surface area contributed by atoms with Crippen LogP contribution in [0.1, 0.15) is 195 Å². The van der Waals surface area contributed by atoms with Gasteiger partial charge in [0, 0.05) is 13.1 Å². The van der Waals surface area contributed by atoms with Gasteiger partial charge in [0.25, 0.3) is 0 Å². The Kier molecular flexibility index (Phi) is 28.9. The van der Waals surface area contributed by atoms with E-state index in [1.54, 1.807) is 0 Å². The number of aliphatic hydroxyl groups is 1. The van der Waals surface area contributed by atoms with Gasteiger partial charge >= 0.3 is 7.60 Å². The number of aliphatic hydroxyl groups excluding tert-OH is 1. The summed E-state index contributed by atoms with van der Waals surface area (Å²) in [6.45, 7) is 12.8. The van der Waals surface area contributed by atoms with Crippen LogP contribution in [-0.2, 0) is 13.6 Å². The van der Waals surface area contributed by atoms with Crippen LogP contribution in [-0.4, -0.2) is 55.1 Å². The van der Waals surface area contributed by atoms with E-state index in [1.165, 1.54) is 154 Å². The summed E-state index contributed by atoms with van der Waals surface area (Å²) in [6, 6.07) is 0. The summed E-state index contributed by atoms with van der Waals surface area (Å²) in [6.07, 6.45) is 32.6. The molecule has 3 atom stereocenters. The minimum Gasteiger partial charge on any atom is -0.392 e. The summed E-state index contributed by atoms with van der Waals surface area (Å²) in [7, 11) is -3.19. The molecule has 1 fully saturated rings. The Hall–Kier alpha value is 0.0700. The topological polar surface area (TPSA) is 59.0 Å². The third kappa shape index (κ3) is 24.8. The molecule has 0 amide bonds. The predicted molar refractivity (Wildman–Crippen MR) is 197 cm³/mol. The van der Waals surface area contributed by atoms with Crippen LogP contribution in [0.15, 0.2) is 0 Å². The molecule has 0 aromatic heterocycles. The Balaban J connectivity index is 2.80. The Morgan fingerprint density at radius 1 is 0.600 bits per heavy atom. The van der Waals surface area contributed by atoms with Crippen LogP contribution in [0.5, 0.6) is 0 Å². The van der Waals surface area contributed by atoms with E-state index in [2.05, 4.69) is 32.6 Å². The fourth-order valence-electron chi connectivity index (χ4n) is 6.88. The van der Waals surface area contributed by atoms with Crippen molar-refractivity contribution in [2.24, 2.45) is 11.8 Å². The van der Waals surface area contributed by atoms with Crippen LogP contribution in [0.3, 0.4) is 0 Å². The summed E-state index contributed by atoms with van der Waals surface area (Å²) in [5.74, 6) is 0.957. The van der Waals surface area contributed by atoms with E-state index in [-0.39, 0.29) is 6.10 Å². The standard InChI is InChI=1S/C39H80NO4P/c1-5-9-13-17-19-23-28-37(26-21-15-11-7-3)35-43-45(42,33-25-31-40-32-30-39(41)34-40)44-36-38(27-22-16-12-8-4)29-24-20-18-14-10-6-2/h37-39,41H,5-36H2,1-4H3. The number of hydrogen-bond acceptors (Lipinski definition) is 5. The van der Waals surface area contributed by atoms with Crippen LogP contribution in [0, 0.1) is 11.8 Å². The number of rotatable bonds is 34. The van der Waals surface area contributed by atoms with Crippen molar-refractivity contribution in [3.63, 3.8) is 0 Å². The normalized spacial score (nSPS) is 18.4. The van der Waals surface area contributed by atoms with E-state index in [1.807, 2.05) is 0 Å². The molecule has 1 N–H and O–H groups in total. The zero-order valence-electron chi connectivity index (χ0n) is 30.9. The molecule has 0 aromatic carbocycles. The lowest BCUT2D eigenvalue weighted by Crippen LogP contribution is -2.24. The highest BCUT2D eigenvalue weighted by Crippen LogP contribution is 2.50. The molecule has 0 aliphatic carbocycles. The first-order valence-electron chi connectivity index (χ1n) is 20.2. The molecule has 3 unspecified atom stereocenters. The summed E-state index contributed by atoms with van der Waals surface area (Å²) < 4.78 is 27.3. The average Bonchev–Trinajstić information content (AvgIpc) is 3.46. The lowest BCUT2D eigenvalue weighted by atomic mass is 9.95. The smallest absolute Gasteiger partial charge is 0.330 e. The second kappa shape index (κ2) is 30.2.